The largest absolute Gasteiger partial charge is 0.469 e. The number of hydrogen-bond acceptors (Lipinski definition) is 7. The first-order chi connectivity index (χ1) is 21.5. The number of anilines is 1. The Morgan fingerprint density at radius 1 is 0.955 bits per heavy atom. The lowest BCUT2D eigenvalue weighted by molar-refractivity contribution is -0.146. The van der Waals surface area contributed by atoms with Crippen LogP contribution < -0.4 is 5.73 Å². The summed E-state index contributed by atoms with van der Waals surface area (Å²) in [6, 6.07) is 24.9. The third-order valence-corrected chi connectivity index (χ3v) is 9.44. The molecule has 44 heavy (non-hydrogen) atoms. The Bertz CT molecular complexity index is 1800. The first-order valence-corrected chi connectivity index (χ1v) is 15.6. The molecule has 3 aromatic heterocycles. The smallest absolute Gasteiger partial charge is 0.308 e. The van der Waals surface area contributed by atoms with Gasteiger partial charge in [-0.2, -0.15) is 0 Å². The third-order valence-electron chi connectivity index (χ3n) is 9.44. The molecule has 0 bridgehead atoms. The Morgan fingerprint density at radius 3 is 2.48 bits per heavy atom. The molecule has 4 heterocycles. The molecule has 1 aliphatic heterocycles. The zero-order chi connectivity index (χ0) is 30.2. The van der Waals surface area contributed by atoms with Gasteiger partial charge in [-0.05, 0) is 80.0 Å². The standard InChI is InChI=1S/C36H38N6O2/c1-23-19-27(28-21-41(22-28)20-24-10-12-26(13-11-24)36(43)44-2)14-17-32(23)42-34(29-9-6-18-38-33(29)37)40-31-16-15-30(39-35(31)42)25-7-4-3-5-8-25/h3-9,14-19,24,26,28H,10-13,20-22H2,1-2H3,(H2,37,38)/t24-,26-. The lowest BCUT2D eigenvalue weighted by Crippen LogP contribution is -2.47. The summed E-state index contributed by atoms with van der Waals surface area (Å²) in [7, 11) is 1.49. The Balaban J connectivity index is 1.15. The van der Waals surface area contributed by atoms with Crippen molar-refractivity contribution in [3.05, 3.63) is 90.1 Å². The average molecular weight is 587 g/mol. The van der Waals surface area contributed by atoms with E-state index in [1.54, 1.807) is 6.20 Å². The van der Waals surface area contributed by atoms with Gasteiger partial charge in [0, 0.05) is 37.3 Å². The van der Waals surface area contributed by atoms with Gasteiger partial charge < -0.3 is 15.4 Å². The van der Waals surface area contributed by atoms with E-state index in [1.165, 1.54) is 12.7 Å². The molecule has 224 valence electrons. The van der Waals surface area contributed by atoms with Crippen molar-refractivity contribution in [2.45, 2.75) is 38.5 Å². The molecule has 1 saturated heterocycles. The van der Waals surface area contributed by atoms with E-state index in [9.17, 15) is 4.79 Å². The Morgan fingerprint density at radius 2 is 1.75 bits per heavy atom. The van der Waals surface area contributed by atoms with Crippen molar-refractivity contribution in [3.63, 3.8) is 0 Å². The summed E-state index contributed by atoms with van der Waals surface area (Å²) in [4.78, 5) is 28.9. The highest BCUT2D eigenvalue weighted by atomic mass is 16.5. The van der Waals surface area contributed by atoms with Gasteiger partial charge in [0.2, 0.25) is 0 Å². The maximum absolute atomic E-state index is 11.9. The molecule has 2 aliphatic rings. The monoisotopic (exact) mass is 586 g/mol. The number of nitrogen functional groups attached to an aromatic ring is 1. The van der Waals surface area contributed by atoms with Crippen LogP contribution in [0.4, 0.5) is 5.82 Å². The highest BCUT2D eigenvalue weighted by Crippen LogP contribution is 2.36. The third kappa shape index (κ3) is 5.35. The topological polar surface area (TPSA) is 99.2 Å². The van der Waals surface area contributed by atoms with Gasteiger partial charge in [-0.3, -0.25) is 9.36 Å². The number of esters is 1. The molecular weight excluding hydrogens is 548 g/mol. The number of hydrogen-bond donors (Lipinski definition) is 1. The molecule has 2 N–H and O–H groups in total. The fourth-order valence-electron chi connectivity index (χ4n) is 6.97. The second-order valence-corrected chi connectivity index (χ2v) is 12.3. The number of aryl methyl sites for hydroxylation is 1. The summed E-state index contributed by atoms with van der Waals surface area (Å²) < 4.78 is 7.09. The predicted octanol–water partition coefficient (Wildman–Crippen LogP) is 6.42. The summed E-state index contributed by atoms with van der Waals surface area (Å²) in [6.45, 7) is 5.43. The number of pyridine rings is 2. The normalized spacial score (nSPS) is 19.1. The van der Waals surface area contributed by atoms with Crippen LogP contribution in [0.15, 0.2) is 79.0 Å². The molecule has 0 spiro atoms. The van der Waals surface area contributed by atoms with Crippen LogP contribution in [-0.2, 0) is 9.53 Å². The van der Waals surface area contributed by atoms with Gasteiger partial charge in [-0.25, -0.2) is 15.0 Å². The van der Waals surface area contributed by atoms with Crippen molar-refractivity contribution in [1.29, 1.82) is 0 Å². The second-order valence-electron chi connectivity index (χ2n) is 12.3. The predicted molar refractivity (Wildman–Crippen MR) is 173 cm³/mol. The Hall–Kier alpha value is -4.56. The molecule has 1 saturated carbocycles. The van der Waals surface area contributed by atoms with Crippen LogP contribution in [0.2, 0.25) is 0 Å². The van der Waals surface area contributed by atoms with Gasteiger partial charge in [0.1, 0.15) is 11.3 Å². The molecule has 5 aromatic rings. The van der Waals surface area contributed by atoms with Gasteiger partial charge in [-0.1, -0.05) is 42.5 Å². The number of fused-ring (bicyclic) bond motifs is 1. The number of rotatable bonds is 7. The first kappa shape index (κ1) is 28.2. The minimum absolute atomic E-state index is 0.0431. The molecule has 8 nitrogen and oxygen atoms in total. The van der Waals surface area contributed by atoms with E-state index in [1.807, 2.05) is 42.5 Å². The number of imidazole rings is 1. The SMILES string of the molecule is COC(=O)[C@H]1CC[C@H](CN2CC(c3ccc(-n4c(-c5cccnc5N)nc5ccc(-c6ccccc6)nc54)c(C)c3)C2)CC1. The molecule has 7 rings (SSSR count). The van der Waals surface area contributed by atoms with Gasteiger partial charge >= 0.3 is 5.97 Å². The molecule has 8 heteroatoms. The zero-order valence-corrected chi connectivity index (χ0v) is 25.3. The van der Waals surface area contributed by atoms with Gasteiger partial charge in [-0.15, -0.1) is 0 Å². The number of benzene rings is 2. The van der Waals surface area contributed by atoms with Crippen LogP contribution in [0.3, 0.4) is 0 Å². The number of methoxy groups -OCH3 is 1. The summed E-state index contributed by atoms with van der Waals surface area (Å²) in [5.74, 6) is 2.40. The van der Waals surface area contributed by atoms with E-state index in [2.05, 4.69) is 51.7 Å². The number of carbonyl (C=O) groups is 1. The molecule has 0 unspecified atom stereocenters. The van der Waals surface area contributed by atoms with E-state index in [0.717, 1.165) is 90.4 Å². The molecule has 0 atom stereocenters. The van der Waals surface area contributed by atoms with E-state index < -0.39 is 0 Å². The van der Waals surface area contributed by atoms with Crippen LogP contribution in [0.25, 0.3) is 39.5 Å². The minimum Gasteiger partial charge on any atom is -0.469 e. The number of likely N-dealkylation sites (tertiary alicyclic amines) is 1. The van der Waals surface area contributed by atoms with Gasteiger partial charge in [0.25, 0.3) is 0 Å². The van der Waals surface area contributed by atoms with Crippen molar-refractivity contribution in [3.8, 4) is 28.3 Å². The molecule has 1 aliphatic carbocycles. The molecular formula is C36H38N6O2. The zero-order valence-electron chi connectivity index (χ0n) is 25.3. The van der Waals surface area contributed by atoms with Crippen LogP contribution in [0, 0.1) is 18.8 Å². The lowest BCUT2D eigenvalue weighted by atomic mass is 9.80. The highest BCUT2D eigenvalue weighted by Gasteiger charge is 2.33. The van der Waals surface area contributed by atoms with Crippen molar-refractivity contribution in [2.75, 3.05) is 32.5 Å². The van der Waals surface area contributed by atoms with Crippen molar-refractivity contribution < 1.29 is 9.53 Å². The number of carbonyl (C=O) groups excluding carboxylic acids is 1. The molecule has 0 amide bonds. The van der Waals surface area contributed by atoms with Gasteiger partial charge in [0.15, 0.2) is 11.5 Å². The van der Waals surface area contributed by atoms with E-state index in [4.69, 9.17) is 20.4 Å². The summed E-state index contributed by atoms with van der Waals surface area (Å²) in [5.41, 5.74) is 14.3. The number of nitrogens with two attached hydrogens (primary N) is 1. The van der Waals surface area contributed by atoms with Crippen molar-refractivity contribution >= 4 is 23.0 Å². The number of ether oxygens (including phenoxy) is 1. The highest BCUT2D eigenvalue weighted by molar-refractivity contribution is 5.85. The van der Waals surface area contributed by atoms with Crippen LogP contribution in [0.1, 0.15) is 42.7 Å². The Labute approximate surface area is 257 Å². The average Bonchev–Trinajstić information content (AvgIpc) is 3.41. The minimum atomic E-state index is -0.0431. The maximum Gasteiger partial charge on any atom is 0.308 e. The number of nitrogens with zero attached hydrogens (tertiary/aromatic N) is 5. The summed E-state index contributed by atoms with van der Waals surface area (Å²) >= 11 is 0. The molecule has 2 fully saturated rings. The summed E-state index contributed by atoms with van der Waals surface area (Å²) in [6.07, 6.45) is 5.82. The second kappa shape index (κ2) is 11.8. The van der Waals surface area contributed by atoms with E-state index >= 15 is 0 Å². The number of aromatic nitrogens is 4. The molecule has 0 radical (unpaired) electrons. The van der Waals surface area contributed by atoms with Crippen LogP contribution >= 0.6 is 0 Å². The maximum atomic E-state index is 11.9. The van der Waals surface area contributed by atoms with Crippen LogP contribution in [0.5, 0.6) is 0 Å². The van der Waals surface area contributed by atoms with E-state index in [-0.39, 0.29) is 11.9 Å². The fraction of sp³-hybridized carbons (Fsp3) is 0.333. The fourth-order valence-corrected chi connectivity index (χ4v) is 6.97. The van der Waals surface area contributed by atoms with E-state index in [0.29, 0.717) is 17.7 Å². The molecule has 2 aromatic carbocycles. The lowest BCUT2D eigenvalue weighted by Gasteiger charge is -2.42. The summed E-state index contributed by atoms with van der Waals surface area (Å²) in [5, 5.41) is 0. The van der Waals surface area contributed by atoms with Crippen LogP contribution in [-0.4, -0.2) is 57.1 Å². The quantitative estimate of drug-likeness (QED) is 0.220. The first-order valence-electron chi connectivity index (χ1n) is 15.6. The van der Waals surface area contributed by atoms with Crippen molar-refractivity contribution in [2.24, 2.45) is 11.8 Å². The van der Waals surface area contributed by atoms with Gasteiger partial charge in [0.05, 0.1) is 30.0 Å². The Kier molecular flexibility index (Phi) is 7.60. The van der Waals surface area contributed by atoms with Crippen molar-refractivity contribution in [1.82, 2.24) is 24.4 Å².